The van der Waals surface area contributed by atoms with Gasteiger partial charge in [0.1, 0.15) is 0 Å². The van der Waals surface area contributed by atoms with Crippen LogP contribution in [0.1, 0.15) is 0 Å². The number of hydrogen-bond donors (Lipinski definition) is 3. The molecule has 0 atom stereocenters. The lowest BCUT2D eigenvalue weighted by atomic mass is 10.2. The molecule has 0 bridgehead atoms. The molecular formula is C12H11F3N3O3. The largest absolute Gasteiger partial charge is 0.322 e. The van der Waals surface area contributed by atoms with E-state index in [4.69, 9.17) is 0 Å². The van der Waals surface area contributed by atoms with Gasteiger partial charge in [-0.15, -0.1) is 0 Å². The summed E-state index contributed by atoms with van der Waals surface area (Å²) in [5.41, 5.74) is -0.493. The minimum Gasteiger partial charge on any atom is -0.322 e. The lowest BCUT2D eigenvalue weighted by Gasteiger charge is -2.15. The molecule has 0 aliphatic rings. The fraction of sp³-hybridized carbons (Fsp3) is 0.250. The average Bonchev–Trinajstić information content (AvgIpc) is 2.49. The van der Waals surface area contributed by atoms with E-state index < -0.39 is 37.7 Å². The van der Waals surface area contributed by atoms with Gasteiger partial charge < -0.3 is 16.0 Å². The van der Waals surface area contributed by atoms with Crippen molar-refractivity contribution < 1.29 is 27.6 Å². The highest BCUT2D eigenvalue weighted by atomic mass is 19.1. The van der Waals surface area contributed by atoms with Crippen molar-refractivity contribution in [2.24, 2.45) is 0 Å². The van der Waals surface area contributed by atoms with Crippen LogP contribution < -0.4 is 16.0 Å². The number of alkyl halides is 3. The van der Waals surface area contributed by atoms with Crippen molar-refractivity contribution >= 4 is 34.8 Å². The van der Waals surface area contributed by atoms with E-state index in [9.17, 15) is 27.6 Å². The van der Waals surface area contributed by atoms with E-state index in [-0.39, 0.29) is 17.1 Å². The van der Waals surface area contributed by atoms with Gasteiger partial charge in [0.15, 0.2) is 20.0 Å². The summed E-state index contributed by atoms with van der Waals surface area (Å²) in [6.07, 6.45) is 0. The third-order valence-corrected chi connectivity index (χ3v) is 2.16. The number of amides is 3. The maximum atomic E-state index is 12.3. The summed E-state index contributed by atoms with van der Waals surface area (Å²) in [6.45, 7) is -4.01. The summed E-state index contributed by atoms with van der Waals surface area (Å²) in [6, 6.07) is 4.97. The number of rotatable bonds is 6. The molecule has 0 spiro atoms. The quantitative estimate of drug-likeness (QED) is 0.738. The Balaban J connectivity index is 3.16. The highest BCUT2D eigenvalue weighted by Gasteiger charge is 2.15. The van der Waals surface area contributed by atoms with E-state index >= 15 is 0 Å². The molecule has 21 heavy (non-hydrogen) atoms. The molecule has 3 amide bonds. The molecule has 0 saturated carbocycles. The van der Waals surface area contributed by atoms with E-state index in [0.717, 1.165) is 0 Å². The van der Waals surface area contributed by atoms with Crippen molar-refractivity contribution in [1.82, 2.24) is 0 Å². The van der Waals surface area contributed by atoms with Crippen molar-refractivity contribution in [1.29, 1.82) is 0 Å². The Bertz CT molecular complexity index is 516. The van der Waals surface area contributed by atoms with Gasteiger partial charge in [0.2, 0.25) is 0 Å². The second kappa shape index (κ2) is 7.88. The molecule has 0 unspecified atom stereocenters. The van der Waals surface area contributed by atoms with E-state index in [1.54, 1.807) is 0 Å². The predicted octanol–water partition coefficient (Wildman–Crippen LogP) is 1.21. The third kappa shape index (κ3) is 4.79. The summed E-state index contributed by atoms with van der Waals surface area (Å²) in [5.74, 6) is -3.11. The van der Waals surface area contributed by atoms with Crippen molar-refractivity contribution in [3.05, 3.63) is 18.2 Å². The Labute approximate surface area is 117 Å². The normalized spacial score (nSPS) is 9.86. The number of benzene rings is 1. The van der Waals surface area contributed by atoms with Crippen LogP contribution >= 0.6 is 0 Å². The first kappa shape index (κ1) is 16.5. The van der Waals surface area contributed by atoms with Crippen LogP contribution in [0.2, 0.25) is 0 Å². The first-order valence-corrected chi connectivity index (χ1v) is 5.64. The van der Waals surface area contributed by atoms with Crippen LogP contribution in [-0.4, -0.2) is 37.7 Å². The lowest BCUT2D eigenvalue weighted by molar-refractivity contribution is -0.118. The van der Waals surface area contributed by atoms with Crippen molar-refractivity contribution in [3.63, 3.8) is 0 Å². The molecule has 0 aromatic heterocycles. The number of anilines is 3. The summed E-state index contributed by atoms with van der Waals surface area (Å²) in [4.78, 5) is 33.2. The molecule has 9 heteroatoms. The van der Waals surface area contributed by atoms with Gasteiger partial charge in [0.05, 0.1) is 17.1 Å². The Kier molecular flexibility index (Phi) is 6.18. The van der Waals surface area contributed by atoms with Gasteiger partial charge >= 0.3 is 0 Å². The number of carbonyl (C=O) groups is 3. The second-order valence-corrected chi connectivity index (χ2v) is 3.69. The van der Waals surface area contributed by atoms with Gasteiger partial charge in [-0.3, -0.25) is 14.4 Å². The molecular weight excluding hydrogens is 291 g/mol. The van der Waals surface area contributed by atoms with Crippen molar-refractivity contribution in [3.8, 4) is 0 Å². The standard InChI is InChI=1S/C12H11F3N3O3/c13-4-9(19)16-7-2-1-3-8(17-10(20)5-14)12(7)18-11(21)6-15/h1-2H,4-6H2,(H,16,19)(H,17,20)(H,18,21). The number of nitrogens with one attached hydrogen (secondary N) is 3. The summed E-state index contributed by atoms with van der Waals surface area (Å²) >= 11 is 0. The number of carbonyl (C=O) groups excluding carboxylic acids is 3. The van der Waals surface area contributed by atoms with Gasteiger partial charge in [0.25, 0.3) is 17.7 Å². The second-order valence-electron chi connectivity index (χ2n) is 3.69. The molecule has 0 aliphatic carbocycles. The van der Waals surface area contributed by atoms with Gasteiger partial charge in [-0.05, 0) is 12.1 Å². The fourth-order valence-electron chi connectivity index (χ4n) is 1.36. The molecule has 113 valence electrons. The molecule has 0 saturated heterocycles. The van der Waals surface area contributed by atoms with E-state index in [2.05, 4.69) is 22.0 Å². The first-order valence-electron chi connectivity index (χ1n) is 5.64. The Morgan fingerprint density at radius 3 is 2.00 bits per heavy atom. The Morgan fingerprint density at radius 2 is 1.43 bits per heavy atom. The predicted molar refractivity (Wildman–Crippen MR) is 69.1 cm³/mol. The zero-order chi connectivity index (χ0) is 15.8. The zero-order valence-corrected chi connectivity index (χ0v) is 10.6. The average molecular weight is 302 g/mol. The highest BCUT2D eigenvalue weighted by Crippen LogP contribution is 2.30. The van der Waals surface area contributed by atoms with Crippen LogP contribution in [0.4, 0.5) is 30.2 Å². The van der Waals surface area contributed by atoms with E-state index in [1.165, 1.54) is 12.1 Å². The molecule has 0 aliphatic heterocycles. The summed E-state index contributed by atoms with van der Waals surface area (Å²) in [7, 11) is 0. The Morgan fingerprint density at radius 1 is 0.905 bits per heavy atom. The fourth-order valence-corrected chi connectivity index (χ4v) is 1.36. The molecule has 1 aromatic carbocycles. The minimum atomic E-state index is -1.36. The van der Waals surface area contributed by atoms with E-state index in [0.29, 0.717) is 0 Å². The smallest absolute Gasteiger partial charge is 0.255 e. The number of hydrogen-bond acceptors (Lipinski definition) is 3. The van der Waals surface area contributed by atoms with Crippen LogP contribution in [0.3, 0.4) is 0 Å². The van der Waals surface area contributed by atoms with Gasteiger partial charge in [-0.2, -0.15) is 0 Å². The maximum Gasteiger partial charge on any atom is 0.255 e. The van der Waals surface area contributed by atoms with Gasteiger partial charge in [-0.1, -0.05) is 0 Å². The SMILES string of the molecule is O=C(CF)Nc1[c]ccc(NC(=O)CF)c1NC(=O)CF. The molecule has 1 aromatic rings. The molecule has 0 heterocycles. The zero-order valence-electron chi connectivity index (χ0n) is 10.6. The van der Waals surface area contributed by atoms with Crippen molar-refractivity contribution in [2.45, 2.75) is 0 Å². The lowest BCUT2D eigenvalue weighted by Crippen LogP contribution is -2.21. The van der Waals surface area contributed by atoms with Crippen LogP contribution in [0.5, 0.6) is 0 Å². The highest BCUT2D eigenvalue weighted by molar-refractivity contribution is 6.06. The molecule has 1 radical (unpaired) electrons. The molecule has 0 fully saturated rings. The van der Waals surface area contributed by atoms with Gasteiger partial charge in [0, 0.05) is 6.07 Å². The molecule has 3 N–H and O–H groups in total. The van der Waals surface area contributed by atoms with E-state index in [1.807, 2.05) is 0 Å². The molecule has 6 nitrogen and oxygen atoms in total. The monoisotopic (exact) mass is 302 g/mol. The molecule has 1 rings (SSSR count). The summed E-state index contributed by atoms with van der Waals surface area (Å²) in [5, 5.41) is 6.24. The third-order valence-electron chi connectivity index (χ3n) is 2.16. The van der Waals surface area contributed by atoms with Crippen LogP contribution in [0.15, 0.2) is 12.1 Å². The van der Waals surface area contributed by atoms with Crippen LogP contribution in [0.25, 0.3) is 0 Å². The van der Waals surface area contributed by atoms with Gasteiger partial charge in [-0.25, -0.2) is 13.2 Å². The Hall–Kier alpha value is -2.58. The van der Waals surface area contributed by atoms with Crippen molar-refractivity contribution in [2.75, 3.05) is 36.0 Å². The number of halogens is 3. The first-order chi connectivity index (χ1) is 10.0. The maximum absolute atomic E-state index is 12.3. The minimum absolute atomic E-state index is 0.0904. The van der Waals surface area contributed by atoms with Crippen LogP contribution in [0, 0.1) is 6.07 Å². The topological polar surface area (TPSA) is 87.3 Å². The summed E-state index contributed by atoms with van der Waals surface area (Å²) < 4.78 is 36.7. The van der Waals surface area contributed by atoms with Crippen LogP contribution in [-0.2, 0) is 14.4 Å².